The van der Waals surface area contributed by atoms with Gasteiger partial charge in [0.2, 0.25) is 5.91 Å². The van der Waals surface area contributed by atoms with Crippen LogP contribution in [0.5, 0.6) is 5.75 Å². The summed E-state index contributed by atoms with van der Waals surface area (Å²) in [7, 11) is 0. The topological polar surface area (TPSA) is 57.2 Å². The molecule has 0 aliphatic carbocycles. The average Bonchev–Trinajstić information content (AvgIpc) is 2.94. The van der Waals surface area contributed by atoms with Crippen molar-refractivity contribution in [3.63, 3.8) is 0 Å². The summed E-state index contributed by atoms with van der Waals surface area (Å²) in [6.45, 7) is 0.140. The molecular weight excluding hydrogens is 388 g/mol. The molecule has 2 N–H and O–H groups in total. The Kier molecular flexibility index (Phi) is 4.41. The lowest BCUT2D eigenvalue weighted by molar-refractivity contribution is -0.274. The zero-order chi connectivity index (χ0) is 20.8. The van der Waals surface area contributed by atoms with Gasteiger partial charge in [-0.25, -0.2) is 4.39 Å². The highest BCUT2D eigenvalue weighted by Gasteiger charge is 2.31. The Morgan fingerprint density at radius 3 is 2.48 bits per heavy atom. The van der Waals surface area contributed by atoms with E-state index in [0.29, 0.717) is 27.4 Å². The van der Waals surface area contributed by atoms with E-state index < -0.39 is 18.1 Å². The van der Waals surface area contributed by atoms with Crippen LogP contribution >= 0.6 is 0 Å². The summed E-state index contributed by atoms with van der Waals surface area (Å²) in [5, 5.41) is 1.19. The first-order chi connectivity index (χ1) is 13.7. The number of benzene rings is 3. The van der Waals surface area contributed by atoms with Crippen LogP contribution in [-0.4, -0.2) is 16.8 Å². The number of fused-ring (bicyclic) bond motifs is 3. The molecule has 148 valence electrons. The fourth-order valence-electron chi connectivity index (χ4n) is 3.52. The number of aromatic nitrogens is 1. The SMILES string of the molecule is NC(=O)c1cccc2c1c1ccc(F)cc1n2Cc1cccc(OC(F)(F)F)c1. The molecule has 3 aromatic carbocycles. The van der Waals surface area contributed by atoms with Crippen LogP contribution in [0.1, 0.15) is 15.9 Å². The van der Waals surface area contributed by atoms with Crippen molar-refractivity contribution in [1.82, 2.24) is 4.57 Å². The second-order valence-electron chi connectivity index (χ2n) is 6.51. The summed E-state index contributed by atoms with van der Waals surface area (Å²) in [4.78, 5) is 11.9. The maximum Gasteiger partial charge on any atom is 0.573 e. The van der Waals surface area contributed by atoms with Crippen LogP contribution in [0.2, 0.25) is 0 Å². The zero-order valence-electron chi connectivity index (χ0n) is 14.8. The first-order valence-corrected chi connectivity index (χ1v) is 8.58. The first kappa shape index (κ1) is 18.8. The molecule has 8 heteroatoms. The molecule has 0 aliphatic rings. The Morgan fingerprint density at radius 1 is 1.00 bits per heavy atom. The van der Waals surface area contributed by atoms with E-state index in [1.807, 2.05) is 0 Å². The third-order valence-corrected chi connectivity index (χ3v) is 4.59. The largest absolute Gasteiger partial charge is 0.573 e. The lowest BCUT2D eigenvalue weighted by atomic mass is 10.1. The Bertz CT molecular complexity index is 1240. The van der Waals surface area contributed by atoms with Gasteiger partial charge in [0.05, 0.1) is 11.0 Å². The number of ether oxygens (including phenoxy) is 1. The summed E-state index contributed by atoms with van der Waals surface area (Å²) in [5.74, 6) is -1.45. The van der Waals surface area contributed by atoms with Gasteiger partial charge in [-0.15, -0.1) is 13.2 Å². The Balaban J connectivity index is 1.90. The van der Waals surface area contributed by atoms with E-state index in [9.17, 15) is 22.4 Å². The molecule has 0 bridgehead atoms. The summed E-state index contributed by atoms with van der Waals surface area (Å²) in [5.41, 5.74) is 7.40. The van der Waals surface area contributed by atoms with Crippen LogP contribution in [0.4, 0.5) is 17.6 Å². The van der Waals surface area contributed by atoms with E-state index in [0.717, 1.165) is 0 Å². The van der Waals surface area contributed by atoms with Crippen LogP contribution in [0.25, 0.3) is 21.8 Å². The third kappa shape index (κ3) is 3.61. The number of primary amides is 1. The second-order valence-corrected chi connectivity index (χ2v) is 6.51. The van der Waals surface area contributed by atoms with Gasteiger partial charge < -0.3 is 15.0 Å². The van der Waals surface area contributed by atoms with Crippen molar-refractivity contribution in [2.75, 3.05) is 0 Å². The van der Waals surface area contributed by atoms with Crippen molar-refractivity contribution < 1.29 is 27.1 Å². The van der Waals surface area contributed by atoms with Crippen LogP contribution in [0.15, 0.2) is 60.7 Å². The molecule has 4 nitrogen and oxygen atoms in total. The number of carbonyl (C=O) groups is 1. The normalized spacial score (nSPS) is 11.9. The van der Waals surface area contributed by atoms with E-state index in [4.69, 9.17) is 5.73 Å². The van der Waals surface area contributed by atoms with E-state index in [2.05, 4.69) is 4.74 Å². The van der Waals surface area contributed by atoms with E-state index in [1.165, 1.54) is 30.3 Å². The molecule has 1 heterocycles. The molecule has 1 amide bonds. The minimum Gasteiger partial charge on any atom is -0.406 e. The fraction of sp³-hybridized carbons (Fsp3) is 0.0952. The van der Waals surface area contributed by atoms with Crippen molar-refractivity contribution in [3.05, 3.63) is 77.6 Å². The Labute approximate surface area is 162 Å². The number of hydrogen-bond acceptors (Lipinski definition) is 2. The molecule has 0 saturated carbocycles. The van der Waals surface area contributed by atoms with Gasteiger partial charge in [-0.2, -0.15) is 0 Å². The second kappa shape index (κ2) is 6.80. The summed E-state index contributed by atoms with van der Waals surface area (Å²) in [6, 6.07) is 14.7. The van der Waals surface area contributed by atoms with Gasteiger partial charge in [0.25, 0.3) is 0 Å². The van der Waals surface area contributed by atoms with Crippen molar-refractivity contribution in [2.45, 2.75) is 12.9 Å². The van der Waals surface area contributed by atoms with Crippen molar-refractivity contribution in [3.8, 4) is 5.75 Å². The quantitative estimate of drug-likeness (QED) is 0.490. The maximum absolute atomic E-state index is 13.9. The Hall–Kier alpha value is -3.55. The highest BCUT2D eigenvalue weighted by molar-refractivity contribution is 6.17. The minimum atomic E-state index is -4.80. The summed E-state index contributed by atoms with van der Waals surface area (Å²) >= 11 is 0. The number of nitrogens with zero attached hydrogens (tertiary/aromatic N) is 1. The van der Waals surface area contributed by atoms with Crippen molar-refractivity contribution >= 4 is 27.7 Å². The van der Waals surface area contributed by atoms with Crippen LogP contribution in [-0.2, 0) is 6.54 Å². The van der Waals surface area contributed by atoms with Gasteiger partial charge >= 0.3 is 6.36 Å². The van der Waals surface area contributed by atoms with Crippen LogP contribution in [0.3, 0.4) is 0 Å². The fourth-order valence-corrected chi connectivity index (χ4v) is 3.52. The molecule has 29 heavy (non-hydrogen) atoms. The van der Waals surface area contributed by atoms with Gasteiger partial charge in [0.15, 0.2) is 0 Å². The Morgan fingerprint density at radius 2 is 1.76 bits per heavy atom. The monoisotopic (exact) mass is 402 g/mol. The minimum absolute atomic E-state index is 0.140. The molecule has 0 aliphatic heterocycles. The van der Waals surface area contributed by atoms with E-state index >= 15 is 0 Å². The lowest BCUT2D eigenvalue weighted by Gasteiger charge is -2.12. The molecule has 4 rings (SSSR count). The van der Waals surface area contributed by atoms with Gasteiger partial charge in [-0.1, -0.05) is 18.2 Å². The summed E-state index contributed by atoms with van der Waals surface area (Å²) < 4.78 is 57.2. The molecule has 0 unspecified atom stereocenters. The number of hydrogen-bond donors (Lipinski definition) is 1. The standard InChI is InChI=1S/C21H14F4N2O2/c22-13-7-8-15-18(10-13)27(17-6-2-5-16(19(15)17)20(26)28)11-12-3-1-4-14(9-12)29-21(23,24)25/h1-10H,11H2,(H2,26,28). The molecule has 0 atom stereocenters. The van der Waals surface area contributed by atoms with Gasteiger partial charge in [0.1, 0.15) is 11.6 Å². The maximum atomic E-state index is 13.9. The smallest absolute Gasteiger partial charge is 0.406 e. The number of nitrogens with two attached hydrogens (primary N) is 1. The number of rotatable bonds is 4. The molecule has 0 fully saturated rings. The molecule has 0 saturated heterocycles. The molecular formula is C21H14F4N2O2. The molecule has 1 aromatic heterocycles. The predicted octanol–water partition coefficient (Wildman–Crippen LogP) is 4.98. The highest BCUT2D eigenvalue weighted by atomic mass is 19.4. The van der Waals surface area contributed by atoms with Gasteiger partial charge in [-0.05, 0) is 48.0 Å². The van der Waals surface area contributed by atoms with E-state index in [1.54, 1.807) is 34.9 Å². The van der Waals surface area contributed by atoms with Crippen LogP contribution in [0, 0.1) is 5.82 Å². The average molecular weight is 402 g/mol. The number of amides is 1. The molecule has 0 radical (unpaired) electrons. The number of carbonyl (C=O) groups excluding carboxylic acids is 1. The molecule has 0 spiro atoms. The van der Waals surface area contributed by atoms with E-state index in [-0.39, 0.29) is 17.9 Å². The third-order valence-electron chi connectivity index (χ3n) is 4.59. The first-order valence-electron chi connectivity index (χ1n) is 8.58. The summed E-state index contributed by atoms with van der Waals surface area (Å²) in [6.07, 6.45) is -4.80. The lowest BCUT2D eigenvalue weighted by Crippen LogP contribution is -2.17. The zero-order valence-corrected chi connectivity index (χ0v) is 14.8. The number of halogens is 4. The van der Waals surface area contributed by atoms with Crippen molar-refractivity contribution in [2.24, 2.45) is 5.73 Å². The van der Waals surface area contributed by atoms with Crippen LogP contribution < -0.4 is 10.5 Å². The van der Waals surface area contributed by atoms with Gasteiger partial charge in [-0.3, -0.25) is 4.79 Å². The van der Waals surface area contributed by atoms with Crippen molar-refractivity contribution in [1.29, 1.82) is 0 Å². The highest BCUT2D eigenvalue weighted by Crippen LogP contribution is 2.33. The number of alkyl halides is 3. The molecule has 4 aromatic rings. The predicted molar refractivity (Wildman–Crippen MR) is 100 cm³/mol. The van der Waals surface area contributed by atoms with Gasteiger partial charge in [0, 0.05) is 22.9 Å².